The predicted molar refractivity (Wildman–Crippen MR) is 80.4 cm³/mol. The van der Waals surface area contributed by atoms with Crippen LogP contribution in [-0.4, -0.2) is 20.3 Å². The van der Waals surface area contributed by atoms with Crippen LogP contribution in [0.1, 0.15) is 16.5 Å². The number of ether oxygens (including phenoxy) is 2. The first kappa shape index (κ1) is 13.0. The molecule has 100 valence electrons. The van der Waals surface area contributed by atoms with Gasteiger partial charge in [0.1, 0.15) is 13.2 Å². The van der Waals surface area contributed by atoms with E-state index < -0.39 is 0 Å². The first-order chi connectivity index (χ1) is 9.28. The molecule has 1 unspecified atom stereocenters. The summed E-state index contributed by atoms with van der Waals surface area (Å²) in [6.45, 7) is 1.24. The molecule has 2 aromatic rings. The fourth-order valence-corrected chi connectivity index (χ4v) is 3.77. The van der Waals surface area contributed by atoms with Crippen molar-refractivity contribution < 1.29 is 9.47 Å². The maximum absolute atomic E-state index is 5.64. The lowest BCUT2D eigenvalue weighted by molar-refractivity contribution is 0.171. The highest BCUT2D eigenvalue weighted by molar-refractivity contribution is 9.10. The standard InChI is InChI=1S/C14H14BrNO2S/c1-16-14(13-7-10(15)8-19-13)9-2-3-11-12(6-9)18-5-4-17-11/h2-3,6-8,14,16H,4-5H2,1H3. The van der Waals surface area contributed by atoms with Crippen molar-refractivity contribution in [3.8, 4) is 11.5 Å². The van der Waals surface area contributed by atoms with E-state index in [1.807, 2.05) is 13.1 Å². The highest BCUT2D eigenvalue weighted by Crippen LogP contribution is 2.36. The Balaban J connectivity index is 1.95. The van der Waals surface area contributed by atoms with E-state index in [2.05, 4.69) is 44.8 Å². The topological polar surface area (TPSA) is 30.5 Å². The van der Waals surface area contributed by atoms with Crippen LogP contribution >= 0.6 is 27.3 Å². The van der Waals surface area contributed by atoms with E-state index in [1.54, 1.807) is 11.3 Å². The molecule has 0 saturated carbocycles. The lowest BCUT2D eigenvalue weighted by Crippen LogP contribution is -2.18. The number of hydrogen-bond donors (Lipinski definition) is 1. The Hall–Kier alpha value is -1.04. The molecule has 0 aliphatic carbocycles. The van der Waals surface area contributed by atoms with Gasteiger partial charge in [-0.2, -0.15) is 0 Å². The van der Waals surface area contributed by atoms with Gasteiger partial charge in [-0.25, -0.2) is 0 Å². The molecule has 3 rings (SSSR count). The molecule has 1 aliphatic heterocycles. The summed E-state index contributed by atoms with van der Waals surface area (Å²) in [7, 11) is 1.97. The molecule has 3 nitrogen and oxygen atoms in total. The molecule has 19 heavy (non-hydrogen) atoms. The van der Waals surface area contributed by atoms with Gasteiger partial charge in [0.05, 0.1) is 6.04 Å². The van der Waals surface area contributed by atoms with Gasteiger partial charge in [0, 0.05) is 14.7 Å². The Morgan fingerprint density at radius 1 is 1.21 bits per heavy atom. The Bertz CT molecular complexity index is 585. The summed E-state index contributed by atoms with van der Waals surface area (Å²) in [6.07, 6.45) is 0. The minimum absolute atomic E-state index is 0.173. The van der Waals surface area contributed by atoms with Gasteiger partial charge < -0.3 is 14.8 Å². The minimum atomic E-state index is 0.173. The minimum Gasteiger partial charge on any atom is -0.486 e. The normalized spacial score (nSPS) is 15.3. The molecule has 2 heterocycles. The van der Waals surface area contributed by atoms with E-state index >= 15 is 0 Å². The van der Waals surface area contributed by atoms with Gasteiger partial charge in [0.15, 0.2) is 11.5 Å². The van der Waals surface area contributed by atoms with Crippen LogP contribution in [0.2, 0.25) is 0 Å². The lowest BCUT2D eigenvalue weighted by Gasteiger charge is -2.21. The Morgan fingerprint density at radius 3 is 2.68 bits per heavy atom. The molecule has 1 N–H and O–H groups in total. The van der Waals surface area contributed by atoms with Crippen LogP contribution in [0.15, 0.2) is 34.1 Å². The number of halogens is 1. The van der Waals surface area contributed by atoms with E-state index in [0.717, 1.165) is 16.0 Å². The van der Waals surface area contributed by atoms with Crippen LogP contribution < -0.4 is 14.8 Å². The van der Waals surface area contributed by atoms with Crippen molar-refractivity contribution in [2.24, 2.45) is 0 Å². The lowest BCUT2D eigenvalue weighted by atomic mass is 10.0. The molecular weight excluding hydrogens is 326 g/mol. The second-order valence-electron chi connectivity index (χ2n) is 4.29. The second kappa shape index (κ2) is 5.53. The molecule has 1 aromatic carbocycles. The van der Waals surface area contributed by atoms with Gasteiger partial charge in [-0.1, -0.05) is 6.07 Å². The Kier molecular flexibility index (Phi) is 3.77. The van der Waals surface area contributed by atoms with Gasteiger partial charge in [0.2, 0.25) is 0 Å². The molecule has 5 heteroatoms. The van der Waals surface area contributed by atoms with Crippen molar-refractivity contribution in [2.45, 2.75) is 6.04 Å². The number of thiophene rings is 1. The third-order valence-corrected chi connectivity index (χ3v) is 4.82. The van der Waals surface area contributed by atoms with Crippen molar-refractivity contribution in [1.29, 1.82) is 0 Å². The summed E-state index contributed by atoms with van der Waals surface area (Å²) in [5.74, 6) is 1.66. The first-order valence-electron chi connectivity index (χ1n) is 6.08. The third-order valence-electron chi connectivity index (χ3n) is 3.06. The van der Waals surface area contributed by atoms with E-state index in [0.29, 0.717) is 13.2 Å². The number of nitrogens with one attached hydrogen (secondary N) is 1. The van der Waals surface area contributed by atoms with Crippen molar-refractivity contribution in [3.63, 3.8) is 0 Å². The van der Waals surface area contributed by atoms with Crippen molar-refractivity contribution in [2.75, 3.05) is 20.3 Å². The van der Waals surface area contributed by atoms with Crippen molar-refractivity contribution in [1.82, 2.24) is 5.32 Å². The SMILES string of the molecule is CNC(c1ccc2c(c1)OCCO2)c1cc(Br)cs1. The summed E-state index contributed by atoms with van der Waals surface area (Å²) in [5, 5.41) is 5.44. The molecule has 0 fully saturated rings. The monoisotopic (exact) mass is 339 g/mol. The van der Waals surface area contributed by atoms with Crippen molar-refractivity contribution >= 4 is 27.3 Å². The third kappa shape index (κ3) is 2.63. The number of fused-ring (bicyclic) bond motifs is 1. The van der Waals surface area contributed by atoms with Gasteiger partial charge in [0.25, 0.3) is 0 Å². The zero-order chi connectivity index (χ0) is 13.2. The molecule has 0 radical (unpaired) electrons. The van der Waals surface area contributed by atoms with Crippen LogP contribution in [0.4, 0.5) is 0 Å². The molecule has 1 aromatic heterocycles. The largest absolute Gasteiger partial charge is 0.486 e. The van der Waals surface area contributed by atoms with Gasteiger partial charge in [-0.05, 0) is 46.7 Å². The first-order valence-corrected chi connectivity index (χ1v) is 7.76. The van der Waals surface area contributed by atoms with E-state index in [1.165, 1.54) is 10.4 Å². The highest BCUT2D eigenvalue weighted by atomic mass is 79.9. The smallest absolute Gasteiger partial charge is 0.161 e. The fraction of sp³-hybridized carbons (Fsp3) is 0.286. The number of hydrogen-bond acceptors (Lipinski definition) is 4. The van der Waals surface area contributed by atoms with E-state index in [-0.39, 0.29) is 6.04 Å². The highest BCUT2D eigenvalue weighted by Gasteiger charge is 2.18. The van der Waals surface area contributed by atoms with Crippen LogP contribution in [0.5, 0.6) is 11.5 Å². The summed E-state index contributed by atoms with van der Waals surface area (Å²) >= 11 is 5.23. The summed E-state index contributed by atoms with van der Waals surface area (Å²) < 4.78 is 12.3. The maximum Gasteiger partial charge on any atom is 0.161 e. The maximum atomic E-state index is 5.64. The zero-order valence-corrected chi connectivity index (χ0v) is 12.9. The molecule has 1 aliphatic rings. The van der Waals surface area contributed by atoms with Crippen LogP contribution in [0.3, 0.4) is 0 Å². The van der Waals surface area contributed by atoms with Gasteiger partial charge in [-0.15, -0.1) is 11.3 Å². The van der Waals surface area contributed by atoms with Gasteiger partial charge >= 0.3 is 0 Å². The molecule has 0 saturated heterocycles. The molecule has 1 atom stereocenters. The van der Waals surface area contributed by atoms with Crippen LogP contribution in [-0.2, 0) is 0 Å². The number of benzene rings is 1. The summed E-state index contributed by atoms with van der Waals surface area (Å²) in [5.41, 5.74) is 1.18. The molecular formula is C14H14BrNO2S. The number of rotatable bonds is 3. The second-order valence-corrected chi connectivity index (χ2v) is 6.15. The van der Waals surface area contributed by atoms with Crippen LogP contribution in [0.25, 0.3) is 0 Å². The van der Waals surface area contributed by atoms with E-state index in [4.69, 9.17) is 9.47 Å². The quantitative estimate of drug-likeness (QED) is 0.926. The molecule has 0 bridgehead atoms. The van der Waals surface area contributed by atoms with E-state index in [9.17, 15) is 0 Å². The average Bonchev–Trinajstić information content (AvgIpc) is 2.86. The molecule has 0 spiro atoms. The Labute approximate surface area is 124 Å². The fourth-order valence-electron chi connectivity index (χ4n) is 2.19. The molecule has 0 amide bonds. The van der Waals surface area contributed by atoms with Gasteiger partial charge in [-0.3, -0.25) is 0 Å². The van der Waals surface area contributed by atoms with Crippen molar-refractivity contribution in [3.05, 3.63) is 44.6 Å². The van der Waals surface area contributed by atoms with Crippen LogP contribution in [0, 0.1) is 0 Å². The summed E-state index contributed by atoms with van der Waals surface area (Å²) in [4.78, 5) is 1.27. The summed E-state index contributed by atoms with van der Waals surface area (Å²) in [6, 6.07) is 8.44. The predicted octanol–water partition coefficient (Wildman–Crippen LogP) is 3.59. The zero-order valence-electron chi connectivity index (χ0n) is 10.5. The average molecular weight is 340 g/mol. The Morgan fingerprint density at radius 2 is 2.00 bits per heavy atom.